The molecule has 1 aromatic rings. The van der Waals surface area contributed by atoms with Gasteiger partial charge in [-0.05, 0) is 81.3 Å². The minimum Gasteiger partial charge on any atom is -0.458 e. The first-order valence-electron chi connectivity index (χ1n) is 9.90. The van der Waals surface area contributed by atoms with Crippen LogP contribution in [0.3, 0.4) is 0 Å². The van der Waals surface area contributed by atoms with Crippen LogP contribution in [0, 0.1) is 29.6 Å². The van der Waals surface area contributed by atoms with Crippen LogP contribution in [0.2, 0.25) is 0 Å². The van der Waals surface area contributed by atoms with Crippen molar-refractivity contribution in [2.24, 2.45) is 29.6 Å². The van der Waals surface area contributed by atoms with E-state index in [-0.39, 0.29) is 12.1 Å². The molecule has 0 N–H and O–H groups in total. The first-order valence-corrected chi connectivity index (χ1v) is 9.90. The molecule has 0 spiro atoms. The number of rotatable bonds is 3. The van der Waals surface area contributed by atoms with Crippen molar-refractivity contribution >= 4 is 5.97 Å². The average Bonchev–Trinajstić information content (AvgIpc) is 2.63. The van der Waals surface area contributed by atoms with Gasteiger partial charge in [0.15, 0.2) is 0 Å². The second-order valence-corrected chi connectivity index (χ2v) is 8.28. The highest BCUT2D eigenvalue weighted by atomic mass is 16.5. The molecule has 2 nitrogen and oxygen atoms in total. The Bertz CT molecular complexity index is 618. The van der Waals surface area contributed by atoms with E-state index in [0.717, 1.165) is 12.3 Å². The van der Waals surface area contributed by atoms with Crippen LogP contribution in [-0.2, 0) is 4.74 Å². The smallest absolute Gasteiger partial charge is 0.338 e. The maximum absolute atomic E-state index is 12.5. The van der Waals surface area contributed by atoms with Crippen molar-refractivity contribution in [3.8, 4) is 0 Å². The second-order valence-electron chi connectivity index (χ2n) is 8.28. The lowest BCUT2D eigenvalue weighted by atomic mass is 9.58. The number of carbonyl (C=O) groups is 1. The third-order valence-electron chi connectivity index (χ3n) is 6.83. The van der Waals surface area contributed by atoms with Gasteiger partial charge < -0.3 is 4.74 Å². The van der Waals surface area contributed by atoms with Crippen molar-refractivity contribution in [3.63, 3.8) is 0 Å². The van der Waals surface area contributed by atoms with Gasteiger partial charge in [-0.2, -0.15) is 0 Å². The molecule has 3 rings (SSSR count). The number of fused-ring (bicyclic) bond motifs is 1. The summed E-state index contributed by atoms with van der Waals surface area (Å²) in [5, 5.41) is 0. The van der Waals surface area contributed by atoms with E-state index in [9.17, 15) is 4.79 Å². The van der Waals surface area contributed by atoms with Crippen LogP contribution in [0.4, 0.5) is 0 Å². The van der Waals surface area contributed by atoms with Crippen molar-refractivity contribution < 1.29 is 9.53 Å². The predicted octanol–water partition coefficient (Wildman–Crippen LogP) is 5.89. The van der Waals surface area contributed by atoms with Gasteiger partial charge in [0.25, 0.3) is 0 Å². The molecule has 2 aliphatic carbocycles. The summed E-state index contributed by atoms with van der Waals surface area (Å²) in [6.45, 7) is 9.21. The van der Waals surface area contributed by atoms with Crippen molar-refractivity contribution in [2.45, 2.75) is 59.5 Å². The molecule has 2 saturated carbocycles. The van der Waals surface area contributed by atoms with Crippen LogP contribution in [0.1, 0.15) is 63.7 Å². The number of allylic oxidation sites excluding steroid dienone is 2. The molecule has 2 fully saturated rings. The van der Waals surface area contributed by atoms with Crippen LogP contribution in [0.5, 0.6) is 0 Å². The molecule has 0 bridgehead atoms. The molecule has 2 aliphatic rings. The molecular weight excluding hydrogens is 308 g/mol. The normalized spacial score (nSPS) is 35.8. The van der Waals surface area contributed by atoms with Gasteiger partial charge in [0, 0.05) is 0 Å². The molecule has 1 aromatic carbocycles. The Hall–Kier alpha value is -1.57. The number of ether oxygens (including phenoxy) is 1. The molecule has 0 radical (unpaired) electrons. The first-order chi connectivity index (χ1) is 12.0. The van der Waals surface area contributed by atoms with E-state index in [4.69, 9.17) is 4.74 Å². The lowest BCUT2D eigenvalue weighted by Gasteiger charge is -2.49. The largest absolute Gasteiger partial charge is 0.458 e. The van der Waals surface area contributed by atoms with Gasteiger partial charge in [0.05, 0.1) is 5.56 Å². The van der Waals surface area contributed by atoms with Crippen LogP contribution in [0.25, 0.3) is 0 Å². The third kappa shape index (κ3) is 3.83. The van der Waals surface area contributed by atoms with E-state index in [1.54, 1.807) is 0 Å². The Labute approximate surface area is 152 Å². The summed E-state index contributed by atoms with van der Waals surface area (Å²) in [6, 6.07) is 9.42. The zero-order valence-electron chi connectivity index (χ0n) is 16.1. The summed E-state index contributed by atoms with van der Waals surface area (Å²) in [7, 11) is 0. The van der Waals surface area contributed by atoms with E-state index in [0.29, 0.717) is 29.2 Å². The van der Waals surface area contributed by atoms with Crippen molar-refractivity contribution in [1.29, 1.82) is 0 Å². The highest BCUT2D eigenvalue weighted by Gasteiger charge is 2.45. The van der Waals surface area contributed by atoms with E-state index < -0.39 is 0 Å². The zero-order valence-corrected chi connectivity index (χ0v) is 16.1. The quantitative estimate of drug-likeness (QED) is 0.507. The highest BCUT2D eigenvalue weighted by Crippen LogP contribution is 2.50. The van der Waals surface area contributed by atoms with E-state index in [1.807, 2.05) is 30.3 Å². The Morgan fingerprint density at radius 3 is 2.44 bits per heavy atom. The third-order valence-corrected chi connectivity index (χ3v) is 6.83. The predicted molar refractivity (Wildman–Crippen MR) is 102 cm³/mol. The van der Waals surface area contributed by atoms with Gasteiger partial charge in [0.1, 0.15) is 6.10 Å². The fourth-order valence-corrected chi connectivity index (χ4v) is 5.18. The molecular formula is C23H32O2. The molecule has 0 unspecified atom stereocenters. The van der Waals surface area contributed by atoms with Gasteiger partial charge in [0.2, 0.25) is 0 Å². The number of benzene rings is 1. The van der Waals surface area contributed by atoms with Gasteiger partial charge in [-0.15, -0.1) is 0 Å². The van der Waals surface area contributed by atoms with Crippen molar-refractivity contribution in [2.75, 3.05) is 0 Å². The Balaban J connectivity index is 1.74. The Morgan fingerprint density at radius 1 is 1.04 bits per heavy atom. The number of carbonyl (C=O) groups excluding carboxylic acids is 1. The lowest BCUT2D eigenvalue weighted by Crippen LogP contribution is -2.45. The van der Waals surface area contributed by atoms with Gasteiger partial charge in [-0.3, -0.25) is 0 Å². The number of hydrogen-bond acceptors (Lipinski definition) is 2. The number of esters is 1. The molecule has 25 heavy (non-hydrogen) atoms. The molecule has 6 atom stereocenters. The molecule has 0 amide bonds. The fraction of sp³-hybridized carbons (Fsp3) is 0.609. The minimum absolute atomic E-state index is 0.0863. The average molecular weight is 341 g/mol. The highest BCUT2D eigenvalue weighted by molar-refractivity contribution is 5.89. The molecule has 0 heterocycles. The van der Waals surface area contributed by atoms with Crippen molar-refractivity contribution in [1.82, 2.24) is 0 Å². The summed E-state index contributed by atoms with van der Waals surface area (Å²) in [6.07, 6.45) is 6.98. The van der Waals surface area contributed by atoms with Crippen molar-refractivity contribution in [3.05, 3.63) is 47.5 Å². The summed E-state index contributed by atoms with van der Waals surface area (Å²) in [5.41, 5.74) is 2.20. The summed E-state index contributed by atoms with van der Waals surface area (Å²) in [5.74, 6) is 3.14. The van der Waals surface area contributed by atoms with Crippen LogP contribution < -0.4 is 0 Å². The lowest BCUT2D eigenvalue weighted by molar-refractivity contribution is -0.0564. The summed E-state index contributed by atoms with van der Waals surface area (Å²) < 4.78 is 6.01. The van der Waals surface area contributed by atoms with E-state index >= 15 is 0 Å². The monoisotopic (exact) mass is 340 g/mol. The summed E-state index contributed by atoms with van der Waals surface area (Å²) in [4.78, 5) is 12.5. The Morgan fingerprint density at radius 2 is 1.76 bits per heavy atom. The maximum Gasteiger partial charge on any atom is 0.338 e. The number of hydrogen-bond donors (Lipinski definition) is 0. The molecule has 0 aliphatic heterocycles. The van der Waals surface area contributed by atoms with Crippen LogP contribution in [-0.4, -0.2) is 12.1 Å². The van der Waals surface area contributed by atoms with E-state index in [2.05, 4.69) is 33.8 Å². The SMILES string of the molecule is C/C=C(\C)[C@H]1C[C@H]2[C@@H](C[C@@H]1C)[C@@H](OC(=O)c1ccccc1)CC[C@@H]2C. The van der Waals surface area contributed by atoms with Gasteiger partial charge in [-0.25, -0.2) is 4.79 Å². The molecule has 0 saturated heterocycles. The molecule has 136 valence electrons. The van der Waals surface area contributed by atoms with Crippen LogP contribution >= 0.6 is 0 Å². The summed E-state index contributed by atoms with van der Waals surface area (Å²) >= 11 is 0. The molecule has 0 aromatic heterocycles. The van der Waals surface area contributed by atoms with Gasteiger partial charge >= 0.3 is 5.97 Å². The van der Waals surface area contributed by atoms with Crippen LogP contribution in [0.15, 0.2) is 42.0 Å². The van der Waals surface area contributed by atoms with E-state index in [1.165, 1.54) is 24.8 Å². The molecule has 2 heteroatoms. The fourth-order valence-electron chi connectivity index (χ4n) is 5.18. The second kappa shape index (κ2) is 7.76. The zero-order chi connectivity index (χ0) is 18.0. The Kier molecular flexibility index (Phi) is 5.66. The van der Waals surface area contributed by atoms with Gasteiger partial charge in [-0.1, -0.05) is 43.7 Å². The minimum atomic E-state index is -0.154. The first kappa shape index (κ1) is 18.2. The maximum atomic E-state index is 12.5. The topological polar surface area (TPSA) is 26.3 Å². The standard InChI is InChI=1S/C23H32O2/c1-5-15(2)19-14-20-16(3)11-12-22(21(20)13-17(19)4)25-23(24)18-9-7-6-8-10-18/h5-10,16-17,19-22H,11-14H2,1-4H3/b15-5+/t16-,17-,19+,20+,21+,22-/m0/s1.